The normalized spacial score (nSPS) is 11.9. The van der Waals surface area contributed by atoms with Gasteiger partial charge in [-0.25, -0.2) is 0 Å². The van der Waals surface area contributed by atoms with Crippen molar-refractivity contribution < 1.29 is 0 Å². The van der Waals surface area contributed by atoms with Crippen LogP contribution in [0.3, 0.4) is 0 Å². The van der Waals surface area contributed by atoms with Crippen LogP contribution in [0.1, 0.15) is 26.0 Å². The van der Waals surface area contributed by atoms with E-state index in [0.29, 0.717) is 6.54 Å². The Labute approximate surface area is 70.8 Å². The molecule has 0 spiro atoms. The molecule has 0 fully saturated rings. The Morgan fingerprint density at radius 3 is 2.82 bits per heavy atom. The topological polar surface area (TPSA) is 51.8 Å². The summed E-state index contributed by atoms with van der Waals surface area (Å²) in [5, 5.41) is 6.00. The first-order chi connectivity index (χ1) is 5.17. The van der Waals surface area contributed by atoms with Gasteiger partial charge in [-0.05, 0) is 24.5 Å². The van der Waals surface area contributed by atoms with Gasteiger partial charge in [0.2, 0.25) is 0 Å². The molecular weight excluding hydrogens is 158 g/mol. The maximum absolute atomic E-state index is 5.48. The highest BCUT2D eigenvalue weighted by molar-refractivity contribution is 7.03. The number of aromatic nitrogens is 2. The summed E-state index contributed by atoms with van der Waals surface area (Å²) in [5.74, 6) is 0. The summed E-state index contributed by atoms with van der Waals surface area (Å²) in [6.07, 6.45) is 0.957. The minimum atomic E-state index is 0.0851. The lowest BCUT2D eigenvalue weighted by molar-refractivity contribution is 0.472. The molecule has 0 aliphatic carbocycles. The van der Waals surface area contributed by atoms with Crippen molar-refractivity contribution >= 4 is 11.5 Å². The molecule has 0 amide bonds. The van der Waals surface area contributed by atoms with Crippen LogP contribution in [0.4, 0.5) is 0 Å². The third-order valence-electron chi connectivity index (χ3n) is 1.82. The zero-order chi connectivity index (χ0) is 8.32. The van der Waals surface area contributed by atoms with E-state index in [0.717, 1.165) is 12.1 Å². The van der Waals surface area contributed by atoms with Crippen molar-refractivity contribution in [3.63, 3.8) is 0 Å². The standard InChI is InChI=1S/C7H13N3S/c1-7(2,3-4-8)6-5-11-10-9-6/h5H,3-4,8H2,1-2H3. The summed E-state index contributed by atoms with van der Waals surface area (Å²) >= 11 is 1.39. The Morgan fingerprint density at radius 1 is 1.64 bits per heavy atom. The van der Waals surface area contributed by atoms with Crippen molar-refractivity contribution in [2.45, 2.75) is 25.7 Å². The molecule has 1 aromatic heterocycles. The lowest BCUT2D eigenvalue weighted by Gasteiger charge is -2.19. The zero-order valence-electron chi connectivity index (χ0n) is 6.87. The number of nitrogens with zero attached hydrogens (tertiary/aromatic N) is 2. The Balaban J connectivity index is 2.73. The Morgan fingerprint density at radius 2 is 2.36 bits per heavy atom. The lowest BCUT2D eigenvalue weighted by Crippen LogP contribution is -2.22. The number of hydrogen-bond donors (Lipinski definition) is 1. The van der Waals surface area contributed by atoms with E-state index in [9.17, 15) is 0 Å². The summed E-state index contributed by atoms with van der Waals surface area (Å²) in [6, 6.07) is 0. The van der Waals surface area contributed by atoms with Crippen LogP contribution in [-0.2, 0) is 5.41 Å². The smallest absolute Gasteiger partial charge is 0.0812 e. The molecule has 1 heterocycles. The van der Waals surface area contributed by atoms with Crippen molar-refractivity contribution in [2.24, 2.45) is 5.73 Å². The second kappa shape index (κ2) is 3.28. The van der Waals surface area contributed by atoms with Gasteiger partial charge in [0.15, 0.2) is 0 Å². The molecule has 0 aliphatic rings. The van der Waals surface area contributed by atoms with E-state index in [4.69, 9.17) is 5.73 Å². The molecule has 0 atom stereocenters. The van der Waals surface area contributed by atoms with Crippen molar-refractivity contribution in [1.29, 1.82) is 0 Å². The monoisotopic (exact) mass is 171 g/mol. The highest BCUT2D eigenvalue weighted by Crippen LogP contribution is 2.24. The molecular formula is C7H13N3S. The molecule has 0 unspecified atom stereocenters. The predicted octanol–water partition coefficient (Wildman–Crippen LogP) is 1.16. The largest absolute Gasteiger partial charge is 0.330 e. The first-order valence-corrected chi connectivity index (χ1v) is 4.48. The van der Waals surface area contributed by atoms with Crippen LogP contribution in [0, 0.1) is 0 Å². The predicted molar refractivity (Wildman–Crippen MR) is 46.6 cm³/mol. The second-order valence-electron chi connectivity index (χ2n) is 3.21. The van der Waals surface area contributed by atoms with Gasteiger partial charge in [-0.3, -0.25) is 0 Å². The molecule has 11 heavy (non-hydrogen) atoms. The molecule has 1 aromatic rings. The van der Waals surface area contributed by atoms with Crippen molar-refractivity contribution in [3.05, 3.63) is 11.1 Å². The Kier molecular flexibility index (Phi) is 2.57. The van der Waals surface area contributed by atoms with Gasteiger partial charge in [-0.1, -0.05) is 18.3 Å². The molecule has 2 N–H and O–H groups in total. The van der Waals surface area contributed by atoms with Gasteiger partial charge in [0.05, 0.1) is 5.69 Å². The van der Waals surface area contributed by atoms with E-state index in [2.05, 4.69) is 23.4 Å². The molecule has 0 radical (unpaired) electrons. The maximum atomic E-state index is 5.48. The van der Waals surface area contributed by atoms with Crippen LogP contribution in [0.5, 0.6) is 0 Å². The third-order valence-corrected chi connectivity index (χ3v) is 2.33. The Hall–Kier alpha value is -0.480. The first-order valence-electron chi connectivity index (χ1n) is 3.64. The van der Waals surface area contributed by atoms with E-state index in [1.165, 1.54) is 11.5 Å². The summed E-state index contributed by atoms with van der Waals surface area (Å²) in [4.78, 5) is 0. The molecule has 0 aliphatic heterocycles. The minimum absolute atomic E-state index is 0.0851. The van der Waals surface area contributed by atoms with Crippen LogP contribution in [0.25, 0.3) is 0 Å². The molecule has 0 saturated carbocycles. The van der Waals surface area contributed by atoms with Crippen LogP contribution in [-0.4, -0.2) is 16.1 Å². The number of nitrogens with two attached hydrogens (primary N) is 1. The van der Waals surface area contributed by atoms with Gasteiger partial charge in [0.25, 0.3) is 0 Å². The highest BCUT2D eigenvalue weighted by Gasteiger charge is 2.21. The van der Waals surface area contributed by atoms with E-state index in [1.54, 1.807) is 0 Å². The fourth-order valence-corrected chi connectivity index (χ4v) is 1.60. The molecule has 4 heteroatoms. The van der Waals surface area contributed by atoms with Gasteiger partial charge in [-0.2, -0.15) is 0 Å². The molecule has 0 bridgehead atoms. The van der Waals surface area contributed by atoms with Gasteiger partial charge >= 0.3 is 0 Å². The first kappa shape index (κ1) is 8.62. The van der Waals surface area contributed by atoms with Gasteiger partial charge in [0.1, 0.15) is 0 Å². The average molecular weight is 171 g/mol. The van der Waals surface area contributed by atoms with Crippen molar-refractivity contribution in [2.75, 3.05) is 6.54 Å². The van der Waals surface area contributed by atoms with Gasteiger partial charge in [-0.15, -0.1) is 5.10 Å². The van der Waals surface area contributed by atoms with Crippen LogP contribution < -0.4 is 5.73 Å². The third kappa shape index (κ3) is 1.97. The fraction of sp³-hybridized carbons (Fsp3) is 0.714. The minimum Gasteiger partial charge on any atom is -0.330 e. The molecule has 3 nitrogen and oxygen atoms in total. The molecule has 0 saturated heterocycles. The second-order valence-corrected chi connectivity index (χ2v) is 3.82. The Bertz CT molecular complexity index is 205. The lowest BCUT2D eigenvalue weighted by atomic mass is 9.86. The molecule has 0 aromatic carbocycles. The van der Waals surface area contributed by atoms with E-state index < -0.39 is 0 Å². The van der Waals surface area contributed by atoms with Crippen molar-refractivity contribution in [3.8, 4) is 0 Å². The van der Waals surface area contributed by atoms with Crippen LogP contribution in [0.15, 0.2) is 5.38 Å². The van der Waals surface area contributed by atoms with Gasteiger partial charge in [0, 0.05) is 10.8 Å². The van der Waals surface area contributed by atoms with E-state index >= 15 is 0 Å². The van der Waals surface area contributed by atoms with Crippen LogP contribution in [0.2, 0.25) is 0 Å². The van der Waals surface area contributed by atoms with Crippen molar-refractivity contribution in [1.82, 2.24) is 9.59 Å². The summed E-state index contributed by atoms with van der Waals surface area (Å²) in [6.45, 7) is 4.97. The SMILES string of the molecule is CC(C)(CCN)c1csnn1. The van der Waals surface area contributed by atoms with E-state index in [-0.39, 0.29) is 5.41 Å². The highest BCUT2D eigenvalue weighted by atomic mass is 32.1. The molecule has 1 rings (SSSR count). The summed E-state index contributed by atoms with van der Waals surface area (Å²) < 4.78 is 3.82. The van der Waals surface area contributed by atoms with Gasteiger partial charge < -0.3 is 5.73 Å². The summed E-state index contributed by atoms with van der Waals surface area (Å²) in [5.41, 5.74) is 6.61. The number of rotatable bonds is 3. The summed E-state index contributed by atoms with van der Waals surface area (Å²) in [7, 11) is 0. The van der Waals surface area contributed by atoms with E-state index in [1.807, 2.05) is 5.38 Å². The van der Waals surface area contributed by atoms with Crippen LogP contribution >= 0.6 is 11.5 Å². The molecule has 62 valence electrons. The number of hydrogen-bond acceptors (Lipinski definition) is 4. The maximum Gasteiger partial charge on any atom is 0.0812 e. The average Bonchev–Trinajstić information content (AvgIpc) is 2.37. The quantitative estimate of drug-likeness (QED) is 0.742. The fourth-order valence-electron chi connectivity index (χ4n) is 0.948. The zero-order valence-corrected chi connectivity index (χ0v) is 7.69.